The monoisotopic (exact) mass is 337 g/mol. The predicted molar refractivity (Wildman–Crippen MR) is 87.3 cm³/mol. The summed E-state index contributed by atoms with van der Waals surface area (Å²) in [6, 6.07) is 6.77. The molecule has 0 saturated carbocycles. The number of amides is 3. The Kier molecular flexibility index (Phi) is 8.28. The summed E-state index contributed by atoms with van der Waals surface area (Å²) in [4.78, 5) is 36.3. The van der Waals surface area contributed by atoms with Crippen LogP contribution in [0, 0.1) is 0 Å². The SMILES string of the molecule is CNC(=O)N(C(=O)OCc1ccccc1)[C@@H](CCCCN)C(=O)O. The molecule has 1 atom stereocenters. The Hall–Kier alpha value is -2.61. The van der Waals surface area contributed by atoms with Gasteiger partial charge in [-0.3, -0.25) is 0 Å². The normalized spacial score (nSPS) is 11.4. The highest BCUT2D eigenvalue weighted by Crippen LogP contribution is 2.13. The highest BCUT2D eigenvalue weighted by Gasteiger charge is 2.35. The van der Waals surface area contributed by atoms with Gasteiger partial charge in [0, 0.05) is 7.05 Å². The third kappa shape index (κ3) is 5.88. The molecular formula is C16H23N3O5. The standard InChI is InChI=1S/C16H23N3O5/c1-18-15(22)19(13(14(20)21)9-5-6-10-17)16(23)24-11-12-7-3-2-4-8-12/h2-4,7-8,13H,5-6,9-11,17H2,1H3,(H,18,22)(H,20,21)/t13-/m0/s1. The highest BCUT2D eigenvalue weighted by molar-refractivity contribution is 5.95. The van der Waals surface area contributed by atoms with Crippen LogP contribution < -0.4 is 11.1 Å². The number of rotatable bonds is 8. The Morgan fingerprint density at radius 2 is 1.92 bits per heavy atom. The van der Waals surface area contributed by atoms with E-state index in [1.165, 1.54) is 7.05 Å². The van der Waals surface area contributed by atoms with E-state index >= 15 is 0 Å². The number of hydrogen-bond donors (Lipinski definition) is 3. The Balaban J connectivity index is 2.82. The fourth-order valence-electron chi connectivity index (χ4n) is 2.11. The number of urea groups is 1. The van der Waals surface area contributed by atoms with Crippen LogP contribution in [0.2, 0.25) is 0 Å². The quantitative estimate of drug-likeness (QED) is 0.619. The summed E-state index contributed by atoms with van der Waals surface area (Å²) in [6.45, 7) is 0.354. The average molecular weight is 337 g/mol. The molecule has 8 heteroatoms. The zero-order valence-corrected chi connectivity index (χ0v) is 13.6. The molecule has 0 heterocycles. The van der Waals surface area contributed by atoms with Gasteiger partial charge in [-0.25, -0.2) is 19.3 Å². The lowest BCUT2D eigenvalue weighted by molar-refractivity contribution is -0.142. The fourth-order valence-corrected chi connectivity index (χ4v) is 2.11. The summed E-state index contributed by atoms with van der Waals surface area (Å²) in [7, 11) is 1.32. The number of hydrogen-bond acceptors (Lipinski definition) is 5. The van der Waals surface area contributed by atoms with Crippen LogP contribution >= 0.6 is 0 Å². The van der Waals surface area contributed by atoms with Crippen LogP contribution in [0.1, 0.15) is 24.8 Å². The van der Waals surface area contributed by atoms with E-state index < -0.39 is 24.1 Å². The van der Waals surface area contributed by atoms with Crippen LogP contribution in [-0.2, 0) is 16.1 Å². The van der Waals surface area contributed by atoms with Crippen LogP contribution in [0.15, 0.2) is 30.3 Å². The lowest BCUT2D eigenvalue weighted by atomic mass is 10.1. The first kappa shape index (κ1) is 19.4. The Bertz CT molecular complexity index is 550. The van der Waals surface area contributed by atoms with Gasteiger partial charge in [-0.2, -0.15) is 0 Å². The van der Waals surface area contributed by atoms with E-state index in [9.17, 15) is 19.5 Å². The smallest absolute Gasteiger partial charge is 0.419 e. The Morgan fingerprint density at radius 1 is 1.25 bits per heavy atom. The summed E-state index contributed by atoms with van der Waals surface area (Å²) < 4.78 is 5.09. The van der Waals surface area contributed by atoms with Crippen molar-refractivity contribution < 1.29 is 24.2 Å². The van der Waals surface area contributed by atoms with Crippen LogP contribution in [-0.4, -0.2) is 47.7 Å². The molecule has 8 nitrogen and oxygen atoms in total. The van der Waals surface area contributed by atoms with Crippen molar-refractivity contribution >= 4 is 18.1 Å². The second-order valence-corrected chi connectivity index (χ2v) is 5.10. The van der Waals surface area contributed by atoms with E-state index in [0.29, 0.717) is 24.3 Å². The summed E-state index contributed by atoms with van der Waals surface area (Å²) in [5.74, 6) is -1.27. The molecule has 132 valence electrons. The molecular weight excluding hydrogens is 314 g/mol. The van der Waals surface area contributed by atoms with Gasteiger partial charge >= 0.3 is 18.1 Å². The minimum atomic E-state index is -1.31. The number of ether oxygens (including phenoxy) is 1. The van der Waals surface area contributed by atoms with E-state index in [2.05, 4.69) is 5.32 Å². The molecule has 0 aliphatic rings. The number of nitrogens with zero attached hydrogens (tertiary/aromatic N) is 1. The molecule has 3 amide bonds. The van der Waals surface area contributed by atoms with Gasteiger partial charge in [0.2, 0.25) is 0 Å². The van der Waals surface area contributed by atoms with Gasteiger partial charge in [0.25, 0.3) is 0 Å². The van der Waals surface area contributed by atoms with E-state index in [1.54, 1.807) is 24.3 Å². The number of nitrogens with one attached hydrogen (secondary N) is 1. The summed E-state index contributed by atoms with van der Waals surface area (Å²) in [6.07, 6.45) is 0.191. The lowest BCUT2D eigenvalue weighted by Gasteiger charge is -2.26. The summed E-state index contributed by atoms with van der Waals surface area (Å²) in [5.41, 5.74) is 6.13. The summed E-state index contributed by atoms with van der Waals surface area (Å²) >= 11 is 0. The molecule has 0 aromatic heterocycles. The third-order valence-corrected chi connectivity index (χ3v) is 3.36. The number of benzene rings is 1. The summed E-state index contributed by atoms with van der Waals surface area (Å²) in [5, 5.41) is 11.6. The number of aliphatic carboxylic acids is 1. The number of unbranched alkanes of at least 4 members (excludes halogenated alkanes) is 1. The number of carbonyl (C=O) groups is 3. The Labute approximate surface area is 140 Å². The largest absolute Gasteiger partial charge is 0.480 e. The molecule has 0 spiro atoms. The zero-order valence-electron chi connectivity index (χ0n) is 13.6. The molecule has 0 saturated heterocycles. The van der Waals surface area contributed by atoms with Crippen molar-refractivity contribution in [3.63, 3.8) is 0 Å². The minimum Gasteiger partial charge on any atom is -0.480 e. The van der Waals surface area contributed by atoms with E-state index in [4.69, 9.17) is 10.5 Å². The molecule has 0 unspecified atom stereocenters. The molecule has 0 radical (unpaired) electrons. The number of imide groups is 1. The zero-order chi connectivity index (χ0) is 17.9. The van der Waals surface area contributed by atoms with Crippen molar-refractivity contribution in [2.24, 2.45) is 5.73 Å². The van der Waals surface area contributed by atoms with Gasteiger partial charge in [-0.1, -0.05) is 30.3 Å². The van der Waals surface area contributed by atoms with Gasteiger partial charge in [-0.05, 0) is 31.4 Å². The minimum absolute atomic E-state index is 0.0533. The maximum absolute atomic E-state index is 12.3. The predicted octanol–water partition coefficient (Wildman–Crippen LogP) is 1.55. The second-order valence-electron chi connectivity index (χ2n) is 5.10. The van der Waals surface area contributed by atoms with Crippen molar-refractivity contribution in [3.05, 3.63) is 35.9 Å². The molecule has 0 bridgehead atoms. The number of carbonyl (C=O) groups excluding carboxylic acids is 2. The molecule has 0 aliphatic carbocycles. The number of carboxylic acid groups (broad SMARTS) is 1. The average Bonchev–Trinajstić information content (AvgIpc) is 2.59. The maximum Gasteiger partial charge on any atom is 0.419 e. The Morgan fingerprint density at radius 3 is 2.46 bits per heavy atom. The molecule has 24 heavy (non-hydrogen) atoms. The first-order chi connectivity index (χ1) is 11.5. The van der Waals surface area contributed by atoms with Crippen molar-refractivity contribution in [2.75, 3.05) is 13.6 Å². The molecule has 0 fully saturated rings. The third-order valence-electron chi connectivity index (χ3n) is 3.36. The van der Waals surface area contributed by atoms with Crippen LogP contribution in [0.5, 0.6) is 0 Å². The fraction of sp³-hybridized carbons (Fsp3) is 0.438. The van der Waals surface area contributed by atoms with Crippen LogP contribution in [0.4, 0.5) is 9.59 Å². The van der Waals surface area contributed by atoms with E-state index in [1.807, 2.05) is 6.07 Å². The van der Waals surface area contributed by atoms with E-state index in [-0.39, 0.29) is 13.0 Å². The van der Waals surface area contributed by atoms with Crippen molar-refractivity contribution in [3.8, 4) is 0 Å². The van der Waals surface area contributed by atoms with Crippen LogP contribution in [0.25, 0.3) is 0 Å². The van der Waals surface area contributed by atoms with Gasteiger partial charge in [0.1, 0.15) is 12.6 Å². The van der Waals surface area contributed by atoms with Crippen molar-refractivity contribution in [1.29, 1.82) is 0 Å². The molecule has 0 aliphatic heterocycles. The van der Waals surface area contributed by atoms with Gasteiger partial charge < -0.3 is 20.9 Å². The molecule has 1 rings (SSSR count). The van der Waals surface area contributed by atoms with Gasteiger partial charge in [0.05, 0.1) is 0 Å². The lowest BCUT2D eigenvalue weighted by Crippen LogP contribution is -2.52. The van der Waals surface area contributed by atoms with E-state index in [0.717, 1.165) is 5.56 Å². The van der Waals surface area contributed by atoms with Gasteiger partial charge in [-0.15, -0.1) is 0 Å². The van der Waals surface area contributed by atoms with Crippen LogP contribution in [0.3, 0.4) is 0 Å². The van der Waals surface area contributed by atoms with Gasteiger partial charge in [0.15, 0.2) is 0 Å². The topological polar surface area (TPSA) is 122 Å². The highest BCUT2D eigenvalue weighted by atomic mass is 16.6. The van der Waals surface area contributed by atoms with Crippen molar-refractivity contribution in [2.45, 2.75) is 31.9 Å². The molecule has 1 aromatic carbocycles. The maximum atomic E-state index is 12.3. The second kappa shape index (κ2) is 10.2. The molecule has 1 aromatic rings. The first-order valence-electron chi connectivity index (χ1n) is 7.65. The number of carboxylic acids is 1. The van der Waals surface area contributed by atoms with Crippen molar-refractivity contribution in [1.82, 2.24) is 10.2 Å². The molecule has 4 N–H and O–H groups in total. The first-order valence-corrected chi connectivity index (χ1v) is 7.65. The number of nitrogens with two attached hydrogens (primary N) is 1.